The molecule has 2 rings (SSSR count). The van der Waals surface area contributed by atoms with Crippen molar-refractivity contribution in [1.82, 2.24) is 0 Å². The normalized spacial score (nSPS) is 10.6. The van der Waals surface area contributed by atoms with E-state index in [2.05, 4.69) is 10.6 Å². The van der Waals surface area contributed by atoms with E-state index in [9.17, 15) is 18.5 Å². The second-order valence-corrected chi connectivity index (χ2v) is 6.07. The number of nitro benzene ring substituents is 1. The molecule has 2 aromatic rings. The van der Waals surface area contributed by atoms with Crippen LogP contribution in [0.1, 0.15) is 5.56 Å². The van der Waals surface area contributed by atoms with E-state index >= 15 is 0 Å². The Labute approximate surface area is 133 Å². The van der Waals surface area contributed by atoms with Crippen molar-refractivity contribution in [2.45, 2.75) is 4.90 Å². The Bertz CT molecular complexity index is 900. The van der Waals surface area contributed by atoms with Gasteiger partial charge in [0.25, 0.3) is 15.7 Å². The highest BCUT2D eigenvalue weighted by atomic mass is 32.2. The molecule has 23 heavy (non-hydrogen) atoms. The first kappa shape index (κ1) is 16.3. The van der Waals surface area contributed by atoms with Gasteiger partial charge in [0.15, 0.2) is 4.90 Å². The largest absolute Gasteiger partial charge is 0.497 e. The molecule has 7 nitrogen and oxygen atoms in total. The van der Waals surface area contributed by atoms with Crippen LogP contribution in [0.4, 0.5) is 11.4 Å². The number of nitrogens with zero attached hydrogens (tertiary/aromatic N) is 1. The number of methoxy groups -OCH3 is 1. The highest BCUT2D eigenvalue weighted by Crippen LogP contribution is 2.29. The van der Waals surface area contributed by atoms with Gasteiger partial charge in [0, 0.05) is 5.56 Å². The van der Waals surface area contributed by atoms with E-state index in [1.807, 2.05) is 0 Å². The molecule has 0 atom stereocenters. The summed E-state index contributed by atoms with van der Waals surface area (Å²) in [6.07, 6.45) is 5.26. The summed E-state index contributed by atoms with van der Waals surface area (Å²) in [5.41, 5.74) is 0.116. The van der Waals surface area contributed by atoms with Crippen molar-refractivity contribution in [1.29, 1.82) is 0 Å². The monoisotopic (exact) mass is 332 g/mol. The fourth-order valence-electron chi connectivity index (χ4n) is 1.88. The fraction of sp³-hybridized carbons (Fsp3) is 0.0667. The quantitative estimate of drug-likeness (QED) is 0.515. The van der Waals surface area contributed by atoms with Crippen LogP contribution in [0.15, 0.2) is 47.4 Å². The second kappa shape index (κ2) is 6.37. The van der Waals surface area contributed by atoms with Crippen LogP contribution in [-0.2, 0) is 10.0 Å². The number of sulfonamides is 1. The third-order valence-electron chi connectivity index (χ3n) is 2.93. The summed E-state index contributed by atoms with van der Waals surface area (Å²) in [7, 11) is -2.82. The van der Waals surface area contributed by atoms with Crippen LogP contribution in [-0.4, -0.2) is 20.5 Å². The van der Waals surface area contributed by atoms with E-state index < -0.39 is 25.5 Å². The minimum Gasteiger partial charge on any atom is -0.497 e. The average molecular weight is 332 g/mol. The summed E-state index contributed by atoms with van der Waals surface area (Å²) in [6.45, 7) is 0. The molecule has 0 aromatic heterocycles. The van der Waals surface area contributed by atoms with Gasteiger partial charge in [0.2, 0.25) is 0 Å². The topological polar surface area (TPSA) is 98.5 Å². The first-order chi connectivity index (χ1) is 10.9. The van der Waals surface area contributed by atoms with Crippen LogP contribution < -0.4 is 9.46 Å². The van der Waals surface area contributed by atoms with Gasteiger partial charge in [-0.1, -0.05) is 12.0 Å². The first-order valence-electron chi connectivity index (χ1n) is 6.29. The Hall–Kier alpha value is -3.05. The Morgan fingerprint density at radius 2 is 2.00 bits per heavy atom. The van der Waals surface area contributed by atoms with Crippen LogP contribution in [0.3, 0.4) is 0 Å². The minimum atomic E-state index is -4.15. The van der Waals surface area contributed by atoms with Gasteiger partial charge in [-0.2, -0.15) is 0 Å². The molecule has 0 saturated heterocycles. The van der Waals surface area contributed by atoms with Crippen LogP contribution in [0.2, 0.25) is 0 Å². The van der Waals surface area contributed by atoms with Crippen LogP contribution in [0.25, 0.3) is 0 Å². The summed E-state index contributed by atoms with van der Waals surface area (Å²) in [5.74, 6) is 2.56. The average Bonchev–Trinajstić information content (AvgIpc) is 2.53. The summed E-state index contributed by atoms with van der Waals surface area (Å²) in [5, 5.41) is 11.1. The van der Waals surface area contributed by atoms with Gasteiger partial charge in [-0.3, -0.25) is 14.8 Å². The van der Waals surface area contributed by atoms with Gasteiger partial charge < -0.3 is 4.74 Å². The van der Waals surface area contributed by atoms with Gasteiger partial charge in [-0.05, 0) is 30.3 Å². The van der Waals surface area contributed by atoms with Crippen molar-refractivity contribution in [2.75, 3.05) is 11.8 Å². The van der Waals surface area contributed by atoms with E-state index in [-0.39, 0.29) is 11.4 Å². The Kier molecular flexibility index (Phi) is 4.52. The van der Waals surface area contributed by atoms with E-state index in [4.69, 9.17) is 11.2 Å². The number of nitro groups is 1. The van der Waals surface area contributed by atoms with Crippen molar-refractivity contribution in [2.24, 2.45) is 0 Å². The maximum atomic E-state index is 12.4. The van der Waals surface area contributed by atoms with E-state index in [1.54, 1.807) is 12.1 Å². The zero-order chi connectivity index (χ0) is 17.0. The molecule has 0 aliphatic rings. The molecule has 8 heteroatoms. The first-order valence-corrected chi connectivity index (χ1v) is 7.77. The van der Waals surface area contributed by atoms with Gasteiger partial charge in [0.05, 0.1) is 23.8 Å². The molecular formula is C15H12N2O5S. The van der Waals surface area contributed by atoms with Crippen molar-refractivity contribution >= 4 is 21.4 Å². The number of anilines is 1. The molecule has 0 fully saturated rings. The molecule has 2 aromatic carbocycles. The van der Waals surface area contributed by atoms with Crippen LogP contribution in [0, 0.1) is 22.5 Å². The van der Waals surface area contributed by atoms with Crippen LogP contribution >= 0.6 is 0 Å². The number of hydrogen-bond donors (Lipinski definition) is 1. The standard InChI is InChI=1S/C15H12N2O5S/c1-3-11-5-4-6-12(9-11)16-23(20,21)15-8-7-13(22-2)10-14(15)17(18)19/h1,4-10,16H,2H3. The number of terminal acetylenes is 1. The Morgan fingerprint density at radius 1 is 1.26 bits per heavy atom. The third-order valence-corrected chi connectivity index (χ3v) is 4.36. The lowest BCUT2D eigenvalue weighted by Crippen LogP contribution is -2.14. The fourth-order valence-corrected chi connectivity index (χ4v) is 3.08. The number of hydrogen-bond acceptors (Lipinski definition) is 5. The van der Waals surface area contributed by atoms with E-state index in [0.717, 1.165) is 12.1 Å². The Balaban J connectivity index is 2.47. The molecule has 0 aliphatic heterocycles. The highest BCUT2D eigenvalue weighted by molar-refractivity contribution is 7.92. The van der Waals surface area contributed by atoms with Gasteiger partial charge in [-0.15, -0.1) is 6.42 Å². The molecule has 0 radical (unpaired) electrons. The molecular weight excluding hydrogens is 320 g/mol. The Morgan fingerprint density at radius 3 is 2.61 bits per heavy atom. The van der Waals surface area contributed by atoms with E-state index in [0.29, 0.717) is 5.56 Å². The van der Waals surface area contributed by atoms with Gasteiger partial charge in [0.1, 0.15) is 5.75 Å². The van der Waals surface area contributed by atoms with Crippen molar-refractivity contribution in [3.05, 3.63) is 58.1 Å². The third kappa shape index (κ3) is 3.59. The molecule has 0 unspecified atom stereocenters. The highest BCUT2D eigenvalue weighted by Gasteiger charge is 2.26. The molecule has 0 aliphatic carbocycles. The zero-order valence-corrected chi connectivity index (χ0v) is 12.8. The molecule has 0 heterocycles. The number of benzene rings is 2. The predicted octanol–water partition coefficient (Wildman–Crippen LogP) is 2.39. The molecule has 0 saturated carbocycles. The summed E-state index contributed by atoms with van der Waals surface area (Å²) in [6, 6.07) is 9.65. The van der Waals surface area contributed by atoms with Crippen molar-refractivity contribution < 1.29 is 18.1 Å². The lowest BCUT2D eigenvalue weighted by molar-refractivity contribution is -0.387. The predicted molar refractivity (Wildman–Crippen MR) is 84.8 cm³/mol. The van der Waals surface area contributed by atoms with Gasteiger partial charge >= 0.3 is 0 Å². The smallest absolute Gasteiger partial charge is 0.293 e. The number of ether oxygens (including phenoxy) is 1. The maximum Gasteiger partial charge on any atom is 0.293 e. The summed E-state index contributed by atoms with van der Waals surface area (Å²) < 4.78 is 32.0. The molecule has 1 N–H and O–H groups in total. The second-order valence-electron chi connectivity index (χ2n) is 4.42. The summed E-state index contributed by atoms with van der Waals surface area (Å²) in [4.78, 5) is 9.87. The summed E-state index contributed by atoms with van der Waals surface area (Å²) >= 11 is 0. The lowest BCUT2D eigenvalue weighted by atomic mass is 10.2. The maximum absolute atomic E-state index is 12.4. The molecule has 118 valence electrons. The lowest BCUT2D eigenvalue weighted by Gasteiger charge is -2.09. The number of nitrogens with one attached hydrogen (secondary N) is 1. The van der Waals surface area contributed by atoms with Crippen molar-refractivity contribution in [3.8, 4) is 18.1 Å². The minimum absolute atomic E-state index is 0.185. The number of rotatable bonds is 5. The SMILES string of the molecule is C#Cc1cccc(NS(=O)(=O)c2ccc(OC)cc2[N+](=O)[O-])c1. The molecule has 0 spiro atoms. The molecule has 0 bridgehead atoms. The van der Waals surface area contributed by atoms with Crippen molar-refractivity contribution in [3.63, 3.8) is 0 Å². The molecule has 0 amide bonds. The van der Waals surface area contributed by atoms with Gasteiger partial charge in [-0.25, -0.2) is 8.42 Å². The zero-order valence-electron chi connectivity index (χ0n) is 12.0. The van der Waals surface area contributed by atoms with E-state index in [1.165, 1.54) is 25.3 Å². The van der Waals surface area contributed by atoms with Crippen LogP contribution in [0.5, 0.6) is 5.75 Å².